The molecule has 0 atom stereocenters. The molecule has 8 nitrogen and oxygen atoms in total. The lowest BCUT2D eigenvalue weighted by Gasteiger charge is -2.35. The predicted octanol–water partition coefficient (Wildman–Crippen LogP) is 1.74. The van der Waals surface area contributed by atoms with Crippen LogP contribution in [0.1, 0.15) is 21.7 Å². The SMILES string of the molecule is COCCN1CCN(c2ccc3ccc(C(=O)NCc4cnc(C)cn4)cn23)CC1. The van der Waals surface area contributed by atoms with Crippen molar-refractivity contribution in [2.45, 2.75) is 13.5 Å². The number of nitrogens with zero attached hydrogens (tertiary/aromatic N) is 5. The Morgan fingerprint density at radius 1 is 1.10 bits per heavy atom. The van der Waals surface area contributed by atoms with Crippen molar-refractivity contribution in [2.75, 3.05) is 51.3 Å². The third-order valence-corrected chi connectivity index (χ3v) is 5.46. The fraction of sp³-hybridized carbons (Fsp3) is 0.409. The van der Waals surface area contributed by atoms with Crippen LogP contribution in [0.15, 0.2) is 42.9 Å². The number of anilines is 1. The third-order valence-electron chi connectivity index (χ3n) is 5.46. The summed E-state index contributed by atoms with van der Waals surface area (Å²) in [6.45, 7) is 7.90. The highest BCUT2D eigenvalue weighted by molar-refractivity contribution is 5.94. The number of pyridine rings is 1. The second-order valence-corrected chi connectivity index (χ2v) is 7.56. The van der Waals surface area contributed by atoms with Gasteiger partial charge in [-0.05, 0) is 31.2 Å². The first-order valence-electron chi connectivity index (χ1n) is 10.3. The largest absolute Gasteiger partial charge is 0.383 e. The van der Waals surface area contributed by atoms with Crippen LogP contribution < -0.4 is 10.2 Å². The van der Waals surface area contributed by atoms with E-state index in [4.69, 9.17) is 4.74 Å². The standard InChI is InChI=1S/C22H28N6O2/c1-17-13-24-19(14-23-17)15-25-22(29)18-3-4-20-5-6-21(28(20)16-18)27-9-7-26(8-10-27)11-12-30-2/h3-6,13-14,16H,7-12,15H2,1-2H3,(H,25,29). The molecule has 0 spiro atoms. The Hall–Kier alpha value is -2.97. The first-order chi connectivity index (χ1) is 14.6. The number of piperazine rings is 1. The van der Waals surface area contributed by atoms with Crippen LogP contribution in [0.5, 0.6) is 0 Å². The second-order valence-electron chi connectivity index (χ2n) is 7.56. The summed E-state index contributed by atoms with van der Waals surface area (Å²) < 4.78 is 7.29. The Morgan fingerprint density at radius 3 is 2.63 bits per heavy atom. The number of rotatable bonds is 7. The molecule has 3 aromatic rings. The fourth-order valence-electron chi connectivity index (χ4n) is 3.68. The highest BCUT2D eigenvalue weighted by Gasteiger charge is 2.19. The van der Waals surface area contributed by atoms with E-state index in [-0.39, 0.29) is 5.91 Å². The van der Waals surface area contributed by atoms with Gasteiger partial charge in [0.05, 0.1) is 36.3 Å². The zero-order valence-corrected chi connectivity index (χ0v) is 17.5. The molecule has 1 N–H and O–H groups in total. The molecule has 1 saturated heterocycles. The third kappa shape index (κ3) is 4.60. The molecule has 0 radical (unpaired) electrons. The summed E-state index contributed by atoms with van der Waals surface area (Å²) >= 11 is 0. The lowest BCUT2D eigenvalue weighted by Crippen LogP contribution is -2.47. The molecule has 0 bridgehead atoms. The number of hydrogen-bond donors (Lipinski definition) is 1. The highest BCUT2D eigenvalue weighted by atomic mass is 16.5. The number of fused-ring (bicyclic) bond motifs is 1. The van der Waals surface area contributed by atoms with Crippen LogP contribution in [0.2, 0.25) is 0 Å². The van der Waals surface area contributed by atoms with Crippen molar-refractivity contribution < 1.29 is 9.53 Å². The number of ether oxygens (including phenoxy) is 1. The van der Waals surface area contributed by atoms with Gasteiger partial charge in [-0.3, -0.25) is 19.7 Å². The van der Waals surface area contributed by atoms with Gasteiger partial charge in [0, 0.05) is 57.7 Å². The van der Waals surface area contributed by atoms with Gasteiger partial charge in [0.15, 0.2) is 0 Å². The minimum Gasteiger partial charge on any atom is -0.383 e. The van der Waals surface area contributed by atoms with Gasteiger partial charge in [0.1, 0.15) is 5.82 Å². The molecule has 0 saturated carbocycles. The molecule has 4 heterocycles. The summed E-state index contributed by atoms with van der Waals surface area (Å²) in [5, 5.41) is 2.93. The van der Waals surface area contributed by atoms with E-state index in [0.717, 1.165) is 62.1 Å². The molecule has 0 aliphatic carbocycles. The van der Waals surface area contributed by atoms with Crippen LogP contribution >= 0.6 is 0 Å². The first kappa shape index (κ1) is 20.3. The Labute approximate surface area is 176 Å². The maximum Gasteiger partial charge on any atom is 0.253 e. The number of methoxy groups -OCH3 is 1. The van der Waals surface area contributed by atoms with Gasteiger partial charge in [0.2, 0.25) is 0 Å². The normalized spacial score (nSPS) is 14.9. The van der Waals surface area contributed by atoms with E-state index in [0.29, 0.717) is 12.1 Å². The zero-order valence-electron chi connectivity index (χ0n) is 17.5. The van der Waals surface area contributed by atoms with Crippen LogP contribution in [-0.2, 0) is 11.3 Å². The highest BCUT2D eigenvalue weighted by Crippen LogP contribution is 2.22. The first-order valence-corrected chi connectivity index (χ1v) is 10.3. The zero-order chi connectivity index (χ0) is 20.9. The molecule has 8 heteroatoms. The minimum atomic E-state index is -0.122. The van der Waals surface area contributed by atoms with Crippen molar-refractivity contribution in [3.8, 4) is 0 Å². The van der Waals surface area contributed by atoms with Gasteiger partial charge in [-0.15, -0.1) is 0 Å². The van der Waals surface area contributed by atoms with Crippen LogP contribution in [0, 0.1) is 6.92 Å². The van der Waals surface area contributed by atoms with E-state index >= 15 is 0 Å². The van der Waals surface area contributed by atoms with E-state index in [2.05, 4.69) is 41.6 Å². The van der Waals surface area contributed by atoms with E-state index < -0.39 is 0 Å². The van der Waals surface area contributed by atoms with Gasteiger partial charge in [0.25, 0.3) is 5.91 Å². The summed E-state index contributed by atoms with van der Waals surface area (Å²) in [4.78, 5) is 26.0. The molecular weight excluding hydrogens is 380 g/mol. The van der Waals surface area contributed by atoms with Gasteiger partial charge in [-0.1, -0.05) is 0 Å². The molecule has 1 aliphatic rings. The summed E-state index contributed by atoms with van der Waals surface area (Å²) in [6.07, 6.45) is 5.31. The molecule has 1 fully saturated rings. The summed E-state index contributed by atoms with van der Waals surface area (Å²) in [5.41, 5.74) is 3.30. The van der Waals surface area contributed by atoms with E-state index in [1.165, 1.54) is 0 Å². The molecule has 4 rings (SSSR count). The van der Waals surface area contributed by atoms with E-state index in [1.807, 2.05) is 25.3 Å². The molecule has 30 heavy (non-hydrogen) atoms. The Kier molecular flexibility index (Phi) is 6.25. The van der Waals surface area contributed by atoms with Crippen molar-refractivity contribution in [3.05, 3.63) is 59.8 Å². The van der Waals surface area contributed by atoms with Crippen LogP contribution in [0.3, 0.4) is 0 Å². The lowest BCUT2D eigenvalue weighted by atomic mass is 10.2. The molecule has 1 aliphatic heterocycles. The van der Waals surface area contributed by atoms with Crippen molar-refractivity contribution in [3.63, 3.8) is 0 Å². The topological polar surface area (TPSA) is 75.0 Å². The summed E-state index contributed by atoms with van der Waals surface area (Å²) in [5.74, 6) is 0.999. The quantitative estimate of drug-likeness (QED) is 0.642. The Balaban J connectivity index is 1.43. The number of carbonyl (C=O) groups is 1. The smallest absolute Gasteiger partial charge is 0.253 e. The summed E-state index contributed by atoms with van der Waals surface area (Å²) in [7, 11) is 1.74. The number of aromatic nitrogens is 3. The molecule has 3 aromatic heterocycles. The number of carbonyl (C=O) groups excluding carboxylic acids is 1. The lowest BCUT2D eigenvalue weighted by molar-refractivity contribution is 0.0950. The van der Waals surface area contributed by atoms with Gasteiger partial charge < -0.3 is 19.4 Å². The Morgan fingerprint density at radius 2 is 1.90 bits per heavy atom. The average Bonchev–Trinajstić information content (AvgIpc) is 3.20. The van der Waals surface area contributed by atoms with Crippen molar-refractivity contribution in [1.82, 2.24) is 24.6 Å². The van der Waals surface area contributed by atoms with E-state index in [9.17, 15) is 4.79 Å². The second kappa shape index (κ2) is 9.23. The maximum atomic E-state index is 12.7. The molecule has 1 amide bonds. The molecular formula is C22H28N6O2. The monoisotopic (exact) mass is 408 g/mol. The van der Waals surface area contributed by atoms with Crippen LogP contribution in [0.25, 0.3) is 5.52 Å². The van der Waals surface area contributed by atoms with Crippen molar-refractivity contribution in [1.29, 1.82) is 0 Å². The Bertz CT molecular complexity index is 993. The fourth-order valence-corrected chi connectivity index (χ4v) is 3.68. The number of aryl methyl sites for hydroxylation is 1. The van der Waals surface area contributed by atoms with Gasteiger partial charge in [-0.2, -0.15) is 0 Å². The number of nitrogens with one attached hydrogen (secondary N) is 1. The van der Waals surface area contributed by atoms with E-state index in [1.54, 1.807) is 19.5 Å². The molecule has 0 unspecified atom stereocenters. The average molecular weight is 409 g/mol. The predicted molar refractivity (Wildman–Crippen MR) is 116 cm³/mol. The number of amides is 1. The van der Waals surface area contributed by atoms with Crippen molar-refractivity contribution in [2.24, 2.45) is 0 Å². The van der Waals surface area contributed by atoms with Gasteiger partial charge >= 0.3 is 0 Å². The van der Waals surface area contributed by atoms with Gasteiger partial charge in [-0.25, -0.2) is 0 Å². The summed E-state index contributed by atoms with van der Waals surface area (Å²) in [6, 6.07) is 8.07. The molecule has 0 aromatic carbocycles. The van der Waals surface area contributed by atoms with Crippen LogP contribution in [0.4, 0.5) is 5.82 Å². The van der Waals surface area contributed by atoms with Crippen molar-refractivity contribution >= 4 is 17.2 Å². The maximum absolute atomic E-state index is 12.7. The number of hydrogen-bond acceptors (Lipinski definition) is 6. The van der Waals surface area contributed by atoms with Crippen LogP contribution in [-0.4, -0.2) is 71.6 Å². The molecule has 158 valence electrons. The minimum absolute atomic E-state index is 0.122.